The zero-order valence-corrected chi connectivity index (χ0v) is 48.6. The predicted octanol–water partition coefficient (Wildman–Crippen LogP) is 19.0. The first-order valence-electron chi connectivity index (χ1n) is 22.4. The third-order valence-electron chi connectivity index (χ3n) is 10.3. The van der Waals surface area contributed by atoms with Gasteiger partial charge in [0.15, 0.2) is 44.1 Å². The predicted molar refractivity (Wildman–Crippen MR) is 312 cm³/mol. The van der Waals surface area contributed by atoms with Gasteiger partial charge in [0, 0.05) is 45.3 Å². The van der Waals surface area contributed by atoms with Gasteiger partial charge in [-0.1, -0.05) is 88.7 Å². The lowest BCUT2D eigenvalue weighted by Crippen LogP contribution is -2.38. The standard InChI is InChI=1S/C18H12Br3S.C18H12Cl3S.C18H12F3S.C6H8NO/c3*19-13-1-7-16(8-2-13)22(17-9-3-14(20)4-10-17)18-11-5-15(21)6-12-18;1-8-7-5-3-2-4-6-7/h3*1-12H;2-6H,1H3/q4*+1. The summed E-state index contributed by atoms with van der Waals surface area (Å²) in [6, 6.07) is 74.0. The van der Waals surface area contributed by atoms with Crippen molar-refractivity contribution in [2.24, 2.45) is 0 Å². The van der Waals surface area contributed by atoms with Crippen molar-refractivity contribution < 1.29 is 22.7 Å². The van der Waals surface area contributed by atoms with E-state index in [2.05, 4.69) is 157 Å². The van der Waals surface area contributed by atoms with Crippen LogP contribution in [0.25, 0.3) is 0 Å². The molecular formula is C60H44Br3Cl3F3NOS3+4. The van der Waals surface area contributed by atoms with Crippen molar-refractivity contribution in [3.05, 3.63) is 295 Å². The Hall–Kier alpha value is -4.92. The Morgan fingerprint density at radius 3 is 0.689 bits per heavy atom. The fourth-order valence-electron chi connectivity index (χ4n) is 6.87. The van der Waals surface area contributed by atoms with Gasteiger partial charge in [-0.2, -0.15) is 0 Å². The van der Waals surface area contributed by atoms with E-state index in [1.807, 2.05) is 67.0 Å². The summed E-state index contributed by atoms with van der Waals surface area (Å²) in [7, 11) is 0.768. The zero-order valence-electron chi connectivity index (χ0n) is 39.2. The third-order valence-corrected chi connectivity index (χ3v) is 19.4. The molecule has 0 saturated carbocycles. The second kappa shape index (κ2) is 28.8. The molecule has 0 fully saturated rings. The second-order valence-corrected chi connectivity index (χ2v) is 25.6. The van der Waals surface area contributed by atoms with Gasteiger partial charge in [0.25, 0.3) is 0 Å². The van der Waals surface area contributed by atoms with E-state index < -0.39 is 10.9 Å². The lowest BCUT2D eigenvalue weighted by Gasteiger charge is -2.08. The fraction of sp³-hybridized carbons (Fsp3) is 0.0167. The van der Waals surface area contributed by atoms with Gasteiger partial charge in [-0.25, -0.2) is 13.2 Å². The second-order valence-electron chi connectivity index (χ2n) is 15.4. The summed E-state index contributed by atoms with van der Waals surface area (Å²) in [4.78, 5) is 15.0. The summed E-state index contributed by atoms with van der Waals surface area (Å²) in [6.07, 6.45) is 3.67. The molecule has 10 rings (SSSR count). The number of rotatable bonds is 10. The number of hydrogen-bond donors (Lipinski definition) is 0. The molecule has 0 unspecified atom stereocenters. The van der Waals surface area contributed by atoms with Crippen LogP contribution in [0.4, 0.5) is 13.2 Å². The minimum atomic E-state index is -0.539. The van der Waals surface area contributed by atoms with Crippen LogP contribution in [0.5, 0.6) is 0 Å². The Morgan fingerprint density at radius 2 is 0.500 bits per heavy atom. The van der Waals surface area contributed by atoms with E-state index in [0.29, 0.717) is 0 Å². The first-order valence-corrected chi connectivity index (χ1v) is 29.6. The lowest BCUT2D eigenvalue weighted by atomic mass is 10.3. The topological polar surface area (TPSA) is 13.1 Å². The van der Waals surface area contributed by atoms with Crippen LogP contribution in [-0.2, 0) is 32.7 Å². The van der Waals surface area contributed by atoms with Crippen LogP contribution in [-0.4, -0.2) is 7.11 Å². The molecular weight excluding hydrogens is 1250 g/mol. The highest BCUT2D eigenvalue weighted by atomic mass is 79.9. The molecule has 1 aromatic heterocycles. The van der Waals surface area contributed by atoms with Gasteiger partial charge in [0.1, 0.15) is 24.6 Å². The molecule has 9 aromatic carbocycles. The molecule has 0 N–H and O–H groups in total. The molecule has 372 valence electrons. The number of halogens is 9. The summed E-state index contributed by atoms with van der Waals surface area (Å²) in [5.74, 6) is -0.943. The minimum Gasteiger partial charge on any atom is -0.275 e. The summed E-state index contributed by atoms with van der Waals surface area (Å²) in [6.45, 7) is 0. The van der Waals surface area contributed by atoms with Gasteiger partial charge < -0.3 is 0 Å². The Balaban J connectivity index is 0.000000151. The van der Waals surface area contributed by atoms with E-state index >= 15 is 0 Å². The van der Waals surface area contributed by atoms with Crippen molar-refractivity contribution in [2.45, 2.75) is 44.1 Å². The number of benzene rings is 9. The molecule has 74 heavy (non-hydrogen) atoms. The van der Waals surface area contributed by atoms with E-state index in [1.165, 1.54) is 65.8 Å². The van der Waals surface area contributed by atoms with Crippen LogP contribution in [0.3, 0.4) is 0 Å². The van der Waals surface area contributed by atoms with E-state index in [9.17, 15) is 13.2 Å². The molecule has 14 heteroatoms. The molecule has 0 aliphatic heterocycles. The Kier molecular flexibility index (Phi) is 22.1. The van der Waals surface area contributed by atoms with E-state index in [0.717, 1.165) is 43.2 Å². The Morgan fingerprint density at radius 1 is 0.311 bits per heavy atom. The smallest absolute Gasteiger partial charge is 0.222 e. The van der Waals surface area contributed by atoms with Gasteiger partial charge in [0.05, 0.1) is 32.7 Å². The Bertz CT molecular complexity index is 2620. The Labute approximate surface area is 479 Å². The summed E-state index contributed by atoms with van der Waals surface area (Å²) in [5.41, 5.74) is 0. The maximum absolute atomic E-state index is 13.2. The first-order chi connectivity index (χ1) is 35.8. The number of nitrogens with zero attached hydrogens (tertiary/aromatic N) is 1. The molecule has 0 bridgehead atoms. The lowest BCUT2D eigenvalue weighted by molar-refractivity contribution is -0.885. The summed E-state index contributed by atoms with van der Waals surface area (Å²) >= 11 is 28.6. The van der Waals surface area contributed by atoms with E-state index in [1.54, 1.807) is 48.2 Å². The molecule has 0 radical (unpaired) electrons. The van der Waals surface area contributed by atoms with Crippen molar-refractivity contribution in [3.8, 4) is 0 Å². The van der Waals surface area contributed by atoms with Crippen molar-refractivity contribution in [1.82, 2.24) is 0 Å². The van der Waals surface area contributed by atoms with E-state index in [4.69, 9.17) is 39.6 Å². The van der Waals surface area contributed by atoms with Crippen molar-refractivity contribution in [1.29, 1.82) is 0 Å². The highest BCUT2D eigenvalue weighted by Gasteiger charge is 2.31. The highest BCUT2D eigenvalue weighted by Crippen LogP contribution is 2.36. The van der Waals surface area contributed by atoms with Crippen molar-refractivity contribution >= 4 is 115 Å². The zero-order chi connectivity index (χ0) is 52.4. The fourth-order valence-corrected chi connectivity index (χ4v) is 14.2. The number of aromatic nitrogens is 1. The quantitative estimate of drug-likeness (QED) is 0.0982. The molecule has 0 amide bonds. The average Bonchev–Trinajstić information content (AvgIpc) is 3.42. The minimum absolute atomic E-state index is 0.102. The van der Waals surface area contributed by atoms with Gasteiger partial charge in [-0.3, -0.25) is 4.84 Å². The molecule has 0 aliphatic rings. The normalized spacial score (nSPS) is 10.7. The van der Waals surface area contributed by atoms with Gasteiger partial charge >= 0.3 is 0 Å². The summed E-state index contributed by atoms with van der Waals surface area (Å²) in [5, 5.41) is 2.21. The van der Waals surface area contributed by atoms with Gasteiger partial charge in [-0.05, 0) is 218 Å². The first kappa shape index (κ1) is 56.8. The van der Waals surface area contributed by atoms with Gasteiger partial charge in [0.2, 0.25) is 12.4 Å². The van der Waals surface area contributed by atoms with Crippen LogP contribution in [0.2, 0.25) is 15.1 Å². The average molecular weight is 1290 g/mol. The summed E-state index contributed by atoms with van der Waals surface area (Å²) < 4.78 is 44.4. The van der Waals surface area contributed by atoms with Crippen LogP contribution < -0.4 is 9.57 Å². The number of hydrogen-bond acceptors (Lipinski definition) is 1. The highest BCUT2D eigenvalue weighted by molar-refractivity contribution is 9.11. The molecule has 0 saturated heterocycles. The molecule has 0 atom stereocenters. The maximum Gasteiger partial charge on any atom is 0.222 e. The van der Waals surface area contributed by atoms with Crippen molar-refractivity contribution in [3.63, 3.8) is 0 Å². The largest absolute Gasteiger partial charge is 0.275 e. The molecule has 0 aliphatic carbocycles. The molecule has 2 nitrogen and oxygen atoms in total. The molecule has 0 spiro atoms. The van der Waals surface area contributed by atoms with Crippen molar-refractivity contribution in [2.75, 3.05) is 7.11 Å². The van der Waals surface area contributed by atoms with Gasteiger partial charge in [-0.15, -0.1) is 0 Å². The molecule has 10 aromatic rings. The van der Waals surface area contributed by atoms with Crippen LogP contribution in [0, 0.1) is 17.5 Å². The van der Waals surface area contributed by atoms with Crippen LogP contribution in [0.1, 0.15) is 0 Å². The number of pyridine rings is 1. The van der Waals surface area contributed by atoms with Crippen LogP contribution in [0.15, 0.2) is 306 Å². The monoisotopic (exact) mass is 1290 g/mol. The molecule has 1 heterocycles. The third kappa shape index (κ3) is 17.0. The van der Waals surface area contributed by atoms with E-state index in [-0.39, 0.29) is 39.2 Å². The maximum atomic E-state index is 13.2. The SMILES string of the molecule is Brc1ccc([S+](c2ccc(Br)cc2)c2ccc(Br)cc2)cc1.CO[n+]1ccccc1.Clc1ccc([S+](c2ccc(Cl)cc2)c2ccc(Cl)cc2)cc1.Fc1ccc([S+](c2ccc(F)cc2)c2ccc(F)cc2)cc1. The van der Waals surface area contributed by atoms with Crippen LogP contribution >= 0.6 is 82.6 Å².